The van der Waals surface area contributed by atoms with Gasteiger partial charge in [-0.05, 0) is 38.1 Å². The van der Waals surface area contributed by atoms with Gasteiger partial charge in [-0.3, -0.25) is 4.79 Å². The summed E-state index contributed by atoms with van der Waals surface area (Å²) in [5.41, 5.74) is 5.63. The first-order chi connectivity index (χ1) is 9.21. The number of piperidine rings is 1. The van der Waals surface area contributed by atoms with Gasteiger partial charge in [-0.15, -0.1) is 0 Å². The number of nitrogens with zero attached hydrogens (tertiary/aromatic N) is 1. The highest BCUT2D eigenvalue weighted by atomic mass is 16.5. The van der Waals surface area contributed by atoms with E-state index in [9.17, 15) is 4.79 Å². The van der Waals surface area contributed by atoms with E-state index >= 15 is 0 Å². The molecule has 0 aromatic rings. The Morgan fingerprint density at radius 3 is 2.84 bits per heavy atom. The van der Waals surface area contributed by atoms with Gasteiger partial charge in [0.25, 0.3) is 0 Å². The van der Waals surface area contributed by atoms with Crippen molar-refractivity contribution in [3.05, 3.63) is 0 Å². The van der Waals surface area contributed by atoms with Crippen molar-refractivity contribution in [1.29, 1.82) is 0 Å². The molecule has 1 aliphatic rings. The van der Waals surface area contributed by atoms with Crippen molar-refractivity contribution in [1.82, 2.24) is 4.90 Å². The Hall–Kier alpha value is -0.610. The van der Waals surface area contributed by atoms with Crippen molar-refractivity contribution < 1.29 is 9.53 Å². The quantitative estimate of drug-likeness (QED) is 0.735. The Morgan fingerprint density at radius 2 is 2.21 bits per heavy atom. The standard InChI is InChI=1S/C15H30N2O2/c1-3-5-13(9-10-16)7-8-15(18)17-11-4-6-14(12-17)19-2/h13-14H,3-12,16H2,1-2H3. The molecule has 1 fully saturated rings. The molecule has 0 bridgehead atoms. The van der Waals surface area contributed by atoms with Crippen molar-refractivity contribution in [2.45, 2.75) is 58.0 Å². The van der Waals surface area contributed by atoms with Crippen LogP contribution in [0.3, 0.4) is 0 Å². The highest BCUT2D eigenvalue weighted by Gasteiger charge is 2.23. The van der Waals surface area contributed by atoms with Crippen LogP contribution in [0.1, 0.15) is 51.9 Å². The van der Waals surface area contributed by atoms with Gasteiger partial charge in [-0.25, -0.2) is 0 Å². The second-order valence-electron chi connectivity index (χ2n) is 5.61. The summed E-state index contributed by atoms with van der Waals surface area (Å²) < 4.78 is 5.36. The monoisotopic (exact) mass is 270 g/mol. The molecule has 0 radical (unpaired) electrons. The number of likely N-dealkylation sites (tertiary alicyclic amines) is 1. The van der Waals surface area contributed by atoms with Gasteiger partial charge in [0.15, 0.2) is 0 Å². The predicted molar refractivity (Wildman–Crippen MR) is 77.9 cm³/mol. The zero-order chi connectivity index (χ0) is 14.1. The van der Waals surface area contributed by atoms with Crippen LogP contribution >= 0.6 is 0 Å². The SMILES string of the molecule is CCCC(CCN)CCC(=O)N1CCCC(OC)C1. The number of ether oxygens (including phenoxy) is 1. The number of carbonyl (C=O) groups excluding carboxylic acids is 1. The highest BCUT2D eigenvalue weighted by Crippen LogP contribution is 2.19. The van der Waals surface area contributed by atoms with Crippen LogP contribution in [0.5, 0.6) is 0 Å². The summed E-state index contributed by atoms with van der Waals surface area (Å²) in [6.45, 7) is 4.59. The van der Waals surface area contributed by atoms with Gasteiger partial charge in [0, 0.05) is 26.6 Å². The van der Waals surface area contributed by atoms with E-state index in [1.54, 1.807) is 7.11 Å². The average Bonchev–Trinajstić information content (AvgIpc) is 2.45. The van der Waals surface area contributed by atoms with E-state index in [1.807, 2.05) is 4.90 Å². The van der Waals surface area contributed by atoms with Crippen LogP contribution in [0.25, 0.3) is 0 Å². The summed E-state index contributed by atoms with van der Waals surface area (Å²) >= 11 is 0. The van der Waals surface area contributed by atoms with Crippen molar-refractivity contribution in [3.63, 3.8) is 0 Å². The molecular formula is C15H30N2O2. The zero-order valence-electron chi connectivity index (χ0n) is 12.6. The molecule has 0 aliphatic carbocycles. The van der Waals surface area contributed by atoms with Gasteiger partial charge < -0.3 is 15.4 Å². The maximum absolute atomic E-state index is 12.2. The molecule has 2 unspecified atom stereocenters. The maximum atomic E-state index is 12.2. The van der Waals surface area contributed by atoms with E-state index < -0.39 is 0 Å². The Kier molecular flexibility index (Phi) is 8.07. The van der Waals surface area contributed by atoms with Crippen LogP contribution < -0.4 is 5.73 Å². The van der Waals surface area contributed by atoms with Crippen molar-refractivity contribution >= 4 is 5.91 Å². The largest absolute Gasteiger partial charge is 0.380 e. The number of rotatable bonds is 8. The Balaban J connectivity index is 2.32. The highest BCUT2D eigenvalue weighted by molar-refractivity contribution is 5.76. The second-order valence-corrected chi connectivity index (χ2v) is 5.61. The topological polar surface area (TPSA) is 55.6 Å². The van der Waals surface area contributed by atoms with E-state index in [1.165, 1.54) is 12.8 Å². The molecule has 1 aliphatic heterocycles. The minimum atomic E-state index is 0.230. The van der Waals surface area contributed by atoms with E-state index in [2.05, 4.69) is 6.92 Å². The van der Waals surface area contributed by atoms with Crippen molar-refractivity contribution in [3.8, 4) is 0 Å². The Morgan fingerprint density at radius 1 is 1.42 bits per heavy atom. The van der Waals surface area contributed by atoms with Crippen molar-refractivity contribution in [2.24, 2.45) is 11.7 Å². The molecular weight excluding hydrogens is 240 g/mol. The van der Waals surface area contributed by atoms with Crippen LogP contribution in [-0.2, 0) is 9.53 Å². The number of nitrogens with two attached hydrogens (primary N) is 1. The number of carbonyl (C=O) groups is 1. The van der Waals surface area contributed by atoms with E-state index in [0.717, 1.165) is 45.3 Å². The molecule has 19 heavy (non-hydrogen) atoms. The van der Waals surface area contributed by atoms with E-state index in [-0.39, 0.29) is 6.10 Å². The summed E-state index contributed by atoms with van der Waals surface area (Å²) in [7, 11) is 1.73. The molecule has 1 rings (SSSR count). The first-order valence-electron chi connectivity index (χ1n) is 7.71. The lowest BCUT2D eigenvalue weighted by molar-refractivity contribution is -0.135. The third kappa shape index (κ3) is 5.91. The van der Waals surface area contributed by atoms with E-state index in [0.29, 0.717) is 18.2 Å². The number of hydrogen-bond donors (Lipinski definition) is 1. The van der Waals surface area contributed by atoms with Gasteiger partial charge in [0.2, 0.25) is 5.91 Å². The van der Waals surface area contributed by atoms with E-state index in [4.69, 9.17) is 10.5 Å². The molecule has 0 saturated carbocycles. The van der Waals surface area contributed by atoms with Crippen LogP contribution in [0, 0.1) is 5.92 Å². The fourth-order valence-electron chi connectivity index (χ4n) is 2.92. The molecule has 2 atom stereocenters. The summed E-state index contributed by atoms with van der Waals surface area (Å²) in [5, 5.41) is 0. The average molecular weight is 270 g/mol. The molecule has 4 nitrogen and oxygen atoms in total. The normalized spacial score (nSPS) is 21.4. The molecule has 1 heterocycles. The van der Waals surface area contributed by atoms with Gasteiger partial charge in [-0.1, -0.05) is 19.8 Å². The first kappa shape index (κ1) is 16.4. The van der Waals surface area contributed by atoms with Gasteiger partial charge >= 0.3 is 0 Å². The number of amides is 1. The number of hydrogen-bond acceptors (Lipinski definition) is 3. The molecule has 0 aromatic carbocycles. The molecule has 112 valence electrons. The third-order valence-corrected chi connectivity index (χ3v) is 4.10. The van der Waals surface area contributed by atoms with Crippen molar-refractivity contribution in [2.75, 3.05) is 26.7 Å². The van der Waals surface area contributed by atoms with Gasteiger partial charge in [-0.2, -0.15) is 0 Å². The number of methoxy groups -OCH3 is 1. The van der Waals surface area contributed by atoms with Gasteiger partial charge in [0.05, 0.1) is 6.10 Å². The molecule has 1 saturated heterocycles. The maximum Gasteiger partial charge on any atom is 0.222 e. The lowest BCUT2D eigenvalue weighted by Crippen LogP contribution is -2.42. The lowest BCUT2D eigenvalue weighted by Gasteiger charge is -2.32. The van der Waals surface area contributed by atoms with Gasteiger partial charge in [0.1, 0.15) is 0 Å². The van der Waals surface area contributed by atoms with Crippen LogP contribution in [-0.4, -0.2) is 43.7 Å². The Labute approximate surface area is 117 Å². The summed E-state index contributed by atoms with van der Waals surface area (Å²) in [5.74, 6) is 0.904. The van der Waals surface area contributed by atoms with Crippen LogP contribution in [0.2, 0.25) is 0 Å². The molecule has 1 amide bonds. The minimum absolute atomic E-state index is 0.230. The Bertz CT molecular complexity index is 253. The smallest absolute Gasteiger partial charge is 0.222 e. The predicted octanol–water partition coefficient (Wildman–Crippen LogP) is 2.17. The van der Waals surface area contributed by atoms with Crippen LogP contribution in [0.15, 0.2) is 0 Å². The fourth-order valence-corrected chi connectivity index (χ4v) is 2.92. The summed E-state index contributed by atoms with van der Waals surface area (Å²) in [4.78, 5) is 14.2. The minimum Gasteiger partial charge on any atom is -0.380 e. The molecule has 2 N–H and O–H groups in total. The first-order valence-corrected chi connectivity index (χ1v) is 7.71. The zero-order valence-corrected chi connectivity index (χ0v) is 12.6. The second kappa shape index (κ2) is 9.32. The lowest BCUT2D eigenvalue weighted by atomic mass is 9.94. The third-order valence-electron chi connectivity index (χ3n) is 4.10. The molecule has 0 spiro atoms. The summed E-state index contributed by atoms with van der Waals surface area (Å²) in [6.07, 6.45) is 7.42. The molecule has 4 heteroatoms. The molecule has 0 aromatic heterocycles. The summed E-state index contributed by atoms with van der Waals surface area (Å²) in [6, 6.07) is 0. The van der Waals surface area contributed by atoms with Crippen LogP contribution in [0.4, 0.5) is 0 Å². The fraction of sp³-hybridized carbons (Fsp3) is 0.933.